The Bertz CT molecular complexity index is 642. The Kier molecular flexibility index (Phi) is 3.62. The van der Waals surface area contributed by atoms with Crippen molar-refractivity contribution in [2.45, 2.75) is 40.3 Å². The molecule has 2 N–H and O–H groups in total. The molecule has 1 aromatic carbocycles. The summed E-state index contributed by atoms with van der Waals surface area (Å²) in [5.74, 6) is 1.71. The molecule has 1 aromatic heterocycles. The van der Waals surface area contributed by atoms with Gasteiger partial charge in [-0.2, -0.15) is 0 Å². The fraction of sp³-hybridized carbons (Fsp3) is 0.471. The number of nitrogens with two attached hydrogens (primary N) is 1. The second kappa shape index (κ2) is 5.43. The van der Waals surface area contributed by atoms with Gasteiger partial charge in [0.25, 0.3) is 0 Å². The summed E-state index contributed by atoms with van der Waals surface area (Å²) in [5.41, 5.74) is 10.7. The zero-order valence-corrected chi connectivity index (χ0v) is 13.1. The van der Waals surface area contributed by atoms with Crippen LogP contribution in [0.3, 0.4) is 0 Å². The lowest BCUT2D eigenvalue weighted by atomic mass is 9.98. The van der Waals surface area contributed by atoms with Crippen LogP contribution < -0.4 is 10.6 Å². The van der Waals surface area contributed by atoms with Crippen LogP contribution in [-0.4, -0.2) is 16.1 Å². The number of hydrogen-bond acceptors (Lipinski definition) is 3. The molecule has 2 heterocycles. The van der Waals surface area contributed by atoms with Crippen LogP contribution in [0.4, 0.5) is 11.6 Å². The van der Waals surface area contributed by atoms with Gasteiger partial charge in [0.1, 0.15) is 0 Å². The predicted molar refractivity (Wildman–Crippen MR) is 87.4 cm³/mol. The maximum Gasteiger partial charge on any atom is 0.206 e. The number of nitrogens with zero attached hydrogens (tertiary/aromatic N) is 3. The second-order valence-electron chi connectivity index (χ2n) is 6.38. The van der Waals surface area contributed by atoms with Gasteiger partial charge in [-0.25, -0.2) is 4.98 Å². The predicted octanol–water partition coefficient (Wildman–Crippen LogP) is 2.99. The highest BCUT2D eigenvalue weighted by atomic mass is 15.3. The van der Waals surface area contributed by atoms with Crippen molar-refractivity contribution in [2.24, 2.45) is 5.92 Å². The minimum Gasteiger partial charge on any atom is -0.398 e. The molecule has 0 bridgehead atoms. The van der Waals surface area contributed by atoms with E-state index in [1.807, 2.05) is 12.1 Å². The first-order chi connectivity index (χ1) is 10.0. The lowest BCUT2D eigenvalue weighted by Gasteiger charge is -2.31. The van der Waals surface area contributed by atoms with E-state index in [-0.39, 0.29) is 0 Å². The number of aromatic nitrogens is 2. The highest BCUT2D eigenvalue weighted by Crippen LogP contribution is 2.27. The molecular weight excluding hydrogens is 260 g/mol. The Morgan fingerprint density at radius 3 is 2.90 bits per heavy atom. The van der Waals surface area contributed by atoms with Crippen LogP contribution >= 0.6 is 0 Å². The molecule has 0 saturated heterocycles. The second-order valence-corrected chi connectivity index (χ2v) is 6.38. The van der Waals surface area contributed by atoms with E-state index in [1.54, 1.807) is 0 Å². The molecule has 1 aliphatic heterocycles. The Morgan fingerprint density at radius 1 is 1.33 bits per heavy atom. The molecule has 3 rings (SSSR count). The summed E-state index contributed by atoms with van der Waals surface area (Å²) in [6, 6.07) is 6.22. The number of nitrogen functional groups attached to an aromatic ring is 1. The maximum absolute atomic E-state index is 6.09. The van der Waals surface area contributed by atoms with Crippen molar-refractivity contribution in [3.63, 3.8) is 0 Å². The summed E-state index contributed by atoms with van der Waals surface area (Å²) in [5, 5.41) is 0. The molecule has 0 spiro atoms. The van der Waals surface area contributed by atoms with Crippen molar-refractivity contribution in [1.82, 2.24) is 9.55 Å². The van der Waals surface area contributed by atoms with Gasteiger partial charge in [-0.3, -0.25) is 0 Å². The molecule has 0 atom stereocenters. The normalized spacial score (nSPS) is 14.6. The molecule has 0 unspecified atom stereocenters. The standard InChI is InChI=1S/C17H24N4/c1-12(2)9-21-10-13(3)19-17(21)20-8-7-15-14(11-20)5-4-6-16(15)18/h4-6,10,12H,7-9,11,18H2,1-3H3. The molecule has 4 nitrogen and oxygen atoms in total. The van der Waals surface area contributed by atoms with Gasteiger partial charge in [-0.05, 0) is 36.5 Å². The summed E-state index contributed by atoms with van der Waals surface area (Å²) in [7, 11) is 0. The quantitative estimate of drug-likeness (QED) is 0.881. The number of imidazole rings is 1. The SMILES string of the molecule is Cc1cn(CC(C)C)c(N2CCc3c(N)cccc3C2)n1. The van der Waals surface area contributed by atoms with Crippen LogP contribution in [0.5, 0.6) is 0 Å². The summed E-state index contributed by atoms with van der Waals surface area (Å²) < 4.78 is 2.29. The third-order valence-corrected chi connectivity index (χ3v) is 4.02. The van der Waals surface area contributed by atoms with Gasteiger partial charge < -0.3 is 15.2 Å². The van der Waals surface area contributed by atoms with Crippen LogP contribution in [-0.2, 0) is 19.5 Å². The zero-order chi connectivity index (χ0) is 15.0. The van der Waals surface area contributed by atoms with E-state index in [1.165, 1.54) is 11.1 Å². The number of benzene rings is 1. The first-order valence-electron chi connectivity index (χ1n) is 7.69. The summed E-state index contributed by atoms with van der Waals surface area (Å²) >= 11 is 0. The average Bonchev–Trinajstić information content (AvgIpc) is 2.78. The van der Waals surface area contributed by atoms with Gasteiger partial charge in [0.05, 0.1) is 5.69 Å². The van der Waals surface area contributed by atoms with E-state index < -0.39 is 0 Å². The van der Waals surface area contributed by atoms with E-state index >= 15 is 0 Å². The van der Waals surface area contributed by atoms with E-state index in [2.05, 4.69) is 42.5 Å². The summed E-state index contributed by atoms with van der Waals surface area (Å²) in [6.45, 7) is 9.44. The molecule has 0 saturated carbocycles. The third kappa shape index (κ3) is 2.75. The highest BCUT2D eigenvalue weighted by Gasteiger charge is 2.21. The van der Waals surface area contributed by atoms with Crippen LogP contribution in [0.2, 0.25) is 0 Å². The monoisotopic (exact) mass is 284 g/mol. The van der Waals surface area contributed by atoms with Crippen LogP contribution in [0, 0.1) is 12.8 Å². The third-order valence-electron chi connectivity index (χ3n) is 4.02. The Balaban J connectivity index is 1.89. The first-order valence-corrected chi connectivity index (χ1v) is 7.69. The van der Waals surface area contributed by atoms with Crippen LogP contribution in [0.15, 0.2) is 24.4 Å². The largest absolute Gasteiger partial charge is 0.398 e. The molecule has 112 valence electrons. The smallest absolute Gasteiger partial charge is 0.206 e. The van der Waals surface area contributed by atoms with Gasteiger partial charge in [0.15, 0.2) is 0 Å². The van der Waals surface area contributed by atoms with E-state index in [0.717, 1.165) is 43.4 Å². The minimum absolute atomic E-state index is 0.616. The first kappa shape index (κ1) is 14.0. The van der Waals surface area contributed by atoms with E-state index in [4.69, 9.17) is 10.7 Å². The molecule has 0 radical (unpaired) electrons. The number of rotatable bonds is 3. The van der Waals surface area contributed by atoms with Gasteiger partial charge in [-0.15, -0.1) is 0 Å². The minimum atomic E-state index is 0.616. The zero-order valence-electron chi connectivity index (χ0n) is 13.1. The highest BCUT2D eigenvalue weighted by molar-refractivity contribution is 5.54. The molecule has 0 aliphatic carbocycles. The molecule has 2 aromatic rings. The molecule has 1 aliphatic rings. The van der Waals surface area contributed by atoms with E-state index in [9.17, 15) is 0 Å². The molecule has 0 fully saturated rings. The fourth-order valence-corrected chi connectivity index (χ4v) is 3.12. The van der Waals surface area contributed by atoms with Crippen molar-refractivity contribution in [1.29, 1.82) is 0 Å². The van der Waals surface area contributed by atoms with Crippen molar-refractivity contribution >= 4 is 11.6 Å². The Morgan fingerprint density at radius 2 is 2.14 bits per heavy atom. The Labute approximate surface area is 126 Å². The topological polar surface area (TPSA) is 47.1 Å². The van der Waals surface area contributed by atoms with Gasteiger partial charge >= 0.3 is 0 Å². The summed E-state index contributed by atoms with van der Waals surface area (Å²) in [6.07, 6.45) is 3.15. The number of fused-ring (bicyclic) bond motifs is 1. The van der Waals surface area contributed by atoms with E-state index in [0.29, 0.717) is 5.92 Å². The molecule has 21 heavy (non-hydrogen) atoms. The van der Waals surface area contributed by atoms with Crippen LogP contribution in [0.25, 0.3) is 0 Å². The summed E-state index contributed by atoms with van der Waals surface area (Å²) in [4.78, 5) is 7.11. The average molecular weight is 284 g/mol. The number of hydrogen-bond donors (Lipinski definition) is 1. The lowest BCUT2D eigenvalue weighted by molar-refractivity contribution is 0.515. The number of aryl methyl sites for hydroxylation is 1. The lowest BCUT2D eigenvalue weighted by Crippen LogP contribution is -2.33. The number of anilines is 2. The van der Waals surface area contributed by atoms with Crippen molar-refractivity contribution in [3.05, 3.63) is 41.2 Å². The van der Waals surface area contributed by atoms with Gasteiger partial charge in [0, 0.05) is 31.5 Å². The van der Waals surface area contributed by atoms with Gasteiger partial charge in [-0.1, -0.05) is 26.0 Å². The molecule has 0 amide bonds. The maximum atomic E-state index is 6.09. The molecule has 4 heteroatoms. The fourth-order valence-electron chi connectivity index (χ4n) is 3.12. The van der Waals surface area contributed by atoms with Gasteiger partial charge in [0.2, 0.25) is 5.95 Å². The van der Waals surface area contributed by atoms with Crippen molar-refractivity contribution < 1.29 is 0 Å². The van der Waals surface area contributed by atoms with Crippen LogP contribution in [0.1, 0.15) is 30.7 Å². The van der Waals surface area contributed by atoms with Crippen molar-refractivity contribution in [3.8, 4) is 0 Å². The molecular formula is C17H24N4. The Hall–Kier alpha value is -1.97. The van der Waals surface area contributed by atoms with Crippen molar-refractivity contribution in [2.75, 3.05) is 17.2 Å².